The number of rotatable bonds is 2. The largest absolute Gasteiger partial charge is 0.307 e. The van der Waals surface area contributed by atoms with E-state index in [1.165, 1.54) is 5.56 Å². The Kier molecular flexibility index (Phi) is 2.41. The van der Waals surface area contributed by atoms with Crippen molar-refractivity contribution in [1.29, 1.82) is 0 Å². The van der Waals surface area contributed by atoms with Crippen molar-refractivity contribution >= 4 is 6.29 Å². The van der Waals surface area contributed by atoms with Crippen LogP contribution in [0.2, 0.25) is 0 Å². The Morgan fingerprint density at radius 3 is 2.77 bits per heavy atom. The lowest BCUT2D eigenvalue weighted by Gasteiger charge is -2.12. The summed E-state index contributed by atoms with van der Waals surface area (Å²) in [5, 5.41) is 3.13. The molecule has 1 heterocycles. The van der Waals surface area contributed by atoms with Crippen LogP contribution in [0.25, 0.3) is 0 Å². The molecule has 2 atom stereocenters. The van der Waals surface area contributed by atoms with E-state index in [2.05, 4.69) is 23.7 Å². The second kappa shape index (κ2) is 3.71. The molecule has 13 heavy (non-hydrogen) atoms. The average molecular weight is 174 g/mol. The molecule has 1 aliphatic heterocycles. The van der Waals surface area contributed by atoms with Gasteiger partial charge in [-0.2, -0.15) is 0 Å². The molecule has 2 heteroatoms. The number of carbonyl (C=O) groups excluding carboxylic acids is 1. The molecular formula is C11H12NO. The first-order valence-corrected chi connectivity index (χ1v) is 4.58. The molecular weight excluding hydrogens is 162 g/mol. The van der Waals surface area contributed by atoms with E-state index in [0.29, 0.717) is 5.92 Å². The Balaban J connectivity index is 2.21. The summed E-state index contributed by atoms with van der Waals surface area (Å²) in [4.78, 5) is 10.6. The molecule has 2 rings (SSSR count). The van der Waals surface area contributed by atoms with Crippen molar-refractivity contribution in [2.75, 3.05) is 6.54 Å². The van der Waals surface area contributed by atoms with Gasteiger partial charge < -0.3 is 5.32 Å². The van der Waals surface area contributed by atoms with Gasteiger partial charge in [0.1, 0.15) is 0 Å². The first-order chi connectivity index (χ1) is 6.42. The van der Waals surface area contributed by atoms with E-state index in [-0.39, 0.29) is 6.04 Å². The van der Waals surface area contributed by atoms with Crippen LogP contribution in [0.1, 0.15) is 17.9 Å². The van der Waals surface area contributed by atoms with E-state index >= 15 is 0 Å². The fraction of sp³-hybridized carbons (Fsp3) is 0.364. The molecule has 1 aromatic rings. The first kappa shape index (κ1) is 8.45. The highest BCUT2D eigenvalue weighted by Gasteiger charge is 2.27. The minimum absolute atomic E-state index is 0.109. The molecule has 1 radical (unpaired) electrons. The fourth-order valence-corrected chi connectivity index (χ4v) is 1.89. The van der Waals surface area contributed by atoms with Gasteiger partial charge in [0.25, 0.3) is 0 Å². The minimum atomic E-state index is -0.109. The Labute approximate surface area is 78.0 Å². The van der Waals surface area contributed by atoms with Crippen LogP contribution in [-0.4, -0.2) is 18.9 Å². The van der Waals surface area contributed by atoms with Crippen LogP contribution >= 0.6 is 0 Å². The predicted molar refractivity (Wildman–Crippen MR) is 51.3 cm³/mol. The summed E-state index contributed by atoms with van der Waals surface area (Å²) in [7, 11) is 0. The van der Waals surface area contributed by atoms with Crippen molar-refractivity contribution in [1.82, 2.24) is 5.32 Å². The SMILES string of the molecule is O=[C][C@H]1NCC[C@@H]1c1ccccc1. The predicted octanol–water partition coefficient (Wildman–Crippen LogP) is 1.24. The Bertz CT molecular complexity index is 283. The topological polar surface area (TPSA) is 29.1 Å². The van der Waals surface area contributed by atoms with Crippen LogP contribution < -0.4 is 5.32 Å². The van der Waals surface area contributed by atoms with Crippen molar-refractivity contribution in [3.05, 3.63) is 35.9 Å². The molecule has 1 aliphatic rings. The second-order valence-electron chi connectivity index (χ2n) is 3.36. The van der Waals surface area contributed by atoms with E-state index in [1.54, 1.807) is 0 Å². The number of hydrogen-bond donors (Lipinski definition) is 1. The van der Waals surface area contributed by atoms with Gasteiger partial charge >= 0.3 is 0 Å². The molecule has 0 aliphatic carbocycles. The standard InChI is InChI=1S/C11H12NO/c13-8-11-10(6-7-12-11)9-4-2-1-3-5-9/h1-5,10-12H,6-7H2/t10-,11-/m1/s1. The fourth-order valence-electron chi connectivity index (χ4n) is 1.89. The highest BCUT2D eigenvalue weighted by atomic mass is 16.1. The molecule has 0 unspecified atom stereocenters. The summed E-state index contributed by atoms with van der Waals surface area (Å²) in [5.41, 5.74) is 1.24. The number of benzene rings is 1. The van der Waals surface area contributed by atoms with E-state index in [4.69, 9.17) is 0 Å². The van der Waals surface area contributed by atoms with Gasteiger partial charge in [0.15, 0.2) is 0 Å². The zero-order valence-corrected chi connectivity index (χ0v) is 7.36. The normalized spacial score (nSPS) is 27.4. The molecule has 1 fully saturated rings. The zero-order valence-electron chi connectivity index (χ0n) is 7.36. The van der Waals surface area contributed by atoms with Crippen LogP contribution in [0.15, 0.2) is 30.3 Å². The number of hydrogen-bond acceptors (Lipinski definition) is 2. The van der Waals surface area contributed by atoms with Gasteiger partial charge in [0, 0.05) is 5.92 Å². The Morgan fingerprint density at radius 2 is 2.08 bits per heavy atom. The second-order valence-corrected chi connectivity index (χ2v) is 3.36. The molecule has 1 aromatic carbocycles. The molecule has 0 spiro atoms. The summed E-state index contributed by atoms with van der Waals surface area (Å²) >= 11 is 0. The van der Waals surface area contributed by atoms with Crippen LogP contribution in [0, 0.1) is 0 Å². The Hall–Kier alpha value is -1.15. The van der Waals surface area contributed by atoms with E-state index < -0.39 is 0 Å². The quantitative estimate of drug-likeness (QED) is 0.731. The monoisotopic (exact) mass is 174 g/mol. The van der Waals surface area contributed by atoms with Crippen molar-refractivity contribution in [2.45, 2.75) is 18.4 Å². The van der Waals surface area contributed by atoms with Gasteiger partial charge in [-0.1, -0.05) is 30.3 Å². The van der Waals surface area contributed by atoms with Crippen LogP contribution in [0.4, 0.5) is 0 Å². The van der Waals surface area contributed by atoms with Crippen LogP contribution in [0.5, 0.6) is 0 Å². The smallest absolute Gasteiger partial charge is 0.217 e. The molecule has 2 nitrogen and oxygen atoms in total. The van der Waals surface area contributed by atoms with Crippen molar-refractivity contribution in [3.63, 3.8) is 0 Å². The Morgan fingerprint density at radius 1 is 1.31 bits per heavy atom. The third-order valence-electron chi connectivity index (χ3n) is 2.58. The summed E-state index contributed by atoms with van der Waals surface area (Å²) < 4.78 is 0. The maximum Gasteiger partial charge on any atom is 0.217 e. The molecule has 67 valence electrons. The van der Waals surface area contributed by atoms with Gasteiger partial charge in [-0.25, -0.2) is 0 Å². The maximum atomic E-state index is 10.6. The molecule has 1 N–H and O–H groups in total. The highest BCUT2D eigenvalue weighted by Crippen LogP contribution is 2.26. The zero-order chi connectivity index (χ0) is 9.10. The molecule has 1 saturated heterocycles. The summed E-state index contributed by atoms with van der Waals surface area (Å²) in [6.45, 7) is 0.916. The molecule has 0 aromatic heterocycles. The van der Waals surface area contributed by atoms with Gasteiger partial charge in [-0.05, 0) is 18.5 Å². The molecule has 0 saturated carbocycles. The third-order valence-corrected chi connectivity index (χ3v) is 2.58. The highest BCUT2D eigenvalue weighted by molar-refractivity contribution is 5.61. The van der Waals surface area contributed by atoms with Gasteiger partial charge in [-0.3, -0.25) is 4.79 Å². The lowest BCUT2D eigenvalue weighted by molar-refractivity contribution is 0.523. The van der Waals surface area contributed by atoms with Crippen molar-refractivity contribution in [3.8, 4) is 0 Å². The maximum absolute atomic E-state index is 10.6. The summed E-state index contributed by atoms with van der Waals surface area (Å²) in [6, 6.07) is 10.0. The van der Waals surface area contributed by atoms with Gasteiger partial charge in [0.2, 0.25) is 6.29 Å². The summed E-state index contributed by atoms with van der Waals surface area (Å²) in [6.07, 6.45) is 3.08. The van der Waals surface area contributed by atoms with Crippen LogP contribution in [0.3, 0.4) is 0 Å². The lowest BCUT2D eigenvalue weighted by Crippen LogP contribution is -2.27. The van der Waals surface area contributed by atoms with E-state index in [1.807, 2.05) is 18.2 Å². The molecule has 0 amide bonds. The van der Waals surface area contributed by atoms with Crippen molar-refractivity contribution in [2.24, 2.45) is 0 Å². The minimum Gasteiger partial charge on any atom is -0.307 e. The third kappa shape index (κ3) is 1.63. The van der Waals surface area contributed by atoms with E-state index in [9.17, 15) is 4.79 Å². The summed E-state index contributed by atoms with van der Waals surface area (Å²) in [5.74, 6) is 0.318. The van der Waals surface area contributed by atoms with E-state index in [0.717, 1.165) is 13.0 Å². The molecule has 0 bridgehead atoms. The first-order valence-electron chi connectivity index (χ1n) is 4.58. The van der Waals surface area contributed by atoms with Gasteiger partial charge in [0.05, 0.1) is 6.04 Å². The van der Waals surface area contributed by atoms with Crippen LogP contribution in [-0.2, 0) is 4.79 Å². The number of nitrogens with one attached hydrogen (secondary N) is 1. The van der Waals surface area contributed by atoms with Gasteiger partial charge in [-0.15, -0.1) is 0 Å². The van der Waals surface area contributed by atoms with Crippen molar-refractivity contribution < 1.29 is 4.79 Å². The average Bonchev–Trinajstić information content (AvgIpc) is 2.67. The lowest BCUT2D eigenvalue weighted by atomic mass is 9.93.